The number of hydrogen-bond acceptors (Lipinski definition) is 9. The predicted molar refractivity (Wildman–Crippen MR) is 117 cm³/mol. The predicted octanol–water partition coefficient (Wildman–Crippen LogP) is 2.77. The molecule has 0 fully saturated rings. The van der Waals surface area contributed by atoms with E-state index < -0.39 is 34.6 Å². The number of benzene rings is 1. The van der Waals surface area contributed by atoms with Crippen LogP contribution in [-0.2, 0) is 20.8 Å². The lowest BCUT2D eigenvalue weighted by Crippen LogP contribution is -2.33. The average molecular weight is 446 g/mol. The van der Waals surface area contributed by atoms with Gasteiger partial charge in [-0.1, -0.05) is 0 Å². The van der Waals surface area contributed by atoms with E-state index in [1.807, 2.05) is 13.8 Å². The van der Waals surface area contributed by atoms with E-state index in [2.05, 4.69) is 15.0 Å². The van der Waals surface area contributed by atoms with Crippen LogP contribution in [0.25, 0.3) is 11.3 Å². The molecule has 0 aliphatic carbocycles. The lowest BCUT2D eigenvalue weighted by Gasteiger charge is -2.21. The molecule has 0 aliphatic heterocycles. The van der Waals surface area contributed by atoms with Crippen molar-refractivity contribution in [3.8, 4) is 11.3 Å². The van der Waals surface area contributed by atoms with Crippen LogP contribution in [0.5, 0.6) is 0 Å². The number of nitrogens with zero attached hydrogens (tertiary/aromatic N) is 3. The number of non-ortho nitro benzene ring substituents is 1. The number of carbonyl (C=O) groups excluding carboxylic acids is 2. The largest absolute Gasteiger partial charge is 0.465 e. The highest BCUT2D eigenvalue weighted by Gasteiger charge is 2.23. The van der Waals surface area contributed by atoms with Gasteiger partial charge in [-0.2, -0.15) is 0 Å². The molecule has 0 saturated heterocycles. The molecule has 1 aromatic carbocycles. The third-order valence-electron chi connectivity index (χ3n) is 4.03. The number of hydrogen-bond donors (Lipinski definition) is 1. The molecule has 2 aromatic rings. The fraction of sp³-hybridized carbons (Fsp3) is 0.429. The van der Waals surface area contributed by atoms with E-state index in [9.17, 15) is 24.5 Å². The molecular weight excluding hydrogens is 420 g/mol. The highest BCUT2D eigenvalue weighted by molar-refractivity contribution is 5.92. The van der Waals surface area contributed by atoms with Crippen LogP contribution >= 0.6 is 0 Å². The van der Waals surface area contributed by atoms with Gasteiger partial charge in [-0.25, -0.2) is 9.78 Å². The molecule has 0 radical (unpaired) electrons. The Morgan fingerprint density at radius 2 is 1.91 bits per heavy atom. The molecule has 2 rings (SSSR count). The van der Waals surface area contributed by atoms with Gasteiger partial charge in [-0.3, -0.25) is 24.3 Å². The summed E-state index contributed by atoms with van der Waals surface area (Å²) in [5.74, 6) is -1.46. The molecule has 172 valence electrons. The first-order valence-electron chi connectivity index (χ1n) is 9.78. The summed E-state index contributed by atoms with van der Waals surface area (Å²) in [6, 6.07) is 3.47. The lowest BCUT2D eigenvalue weighted by atomic mass is 10.1. The summed E-state index contributed by atoms with van der Waals surface area (Å²) in [5.41, 5.74) is -1.63. The molecule has 32 heavy (non-hydrogen) atoms. The smallest absolute Gasteiger partial charge is 0.338 e. The van der Waals surface area contributed by atoms with Crippen molar-refractivity contribution < 1.29 is 24.0 Å². The Morgan fingerprint density at radius 3 is 2.44 bits per heavy atom. The number of esters is 2. The number of nitrogens with one attached hydrogen (secondary N) is 1. The van der Waals surface area contributed by atoms with Crippen molar-refractivity contribution in [2.24, 2.45) is 0 Å². The molecule has 0 saturated carbocycles. The molecule has 0 bridgehead atoms. The van der Waals surface area contributed by atoms with Gasteiger partial charge in [-0.15, -0.1) is 0 Å². The minimum Gasteiger partial charge on any atom is -0.465 e. The Bertz CT molecular complexity index is 1100. The van der Waals surface area contributed by atoms with E-state index in [4.69, 9.17) is 4.74 Å². The van der Waals surface area contributed by atoms with Crippen LogP contribution in [0.1, 0.15) is 45.0 Å². The van der Waals surface area contributed by atoms with Gasteiger partial charge < -0.3 is 14.8 Å². The van der Waals surface area contributed by atoms with Crippen LogP contribution in [0.3, 0.4) is 0 Å². The highest BCUT2D eigenvalue weighted by atomic mass is 16.6. The van der Waals surface area contributed by atoms with Crippen molar-refractivity contribution in [2.45, 2.75) is 52.8 Å². The quantitative estimate of drug-likeness (QED) is 0.386. The minimum atomic E-state index is -0.790. The summed E-state index contributed by atoms with van der Waals surface area (Å²) in [5, 5.41) is 14.3. The number of anilines is 1. The normalized spacial score (nSPS) is 11.2. The topological polar surface area (TPSA) is 143 Å². The fourth-order valence-electron chi connectivity index (χ4n) is 2.85. The zero-order valence-electron chi connectivity index (χ0n) is 18.8. The molecular formula is C21H26N4O7. The first kappa shape index (κ1) is 24.5. The van der Waals surface area contributed by atoms with Gasteiger partial charge in [0.1, 0.15) is 12.1 Å². The second-order valence-corrected chi connectivity index (χ2v) is 8.29. The van der Waals surface area contributed by atoms with Gasteiger partial charge in [0.05, 0.1) is 29.5 Å². The minimum absolute atomic E-state index is 0.00549. The average Bonchev–Trinajstić information content (AvgIpc) is 2.68. The second-order valence-electron chi connectivity index (χ2n) is 8.29. The number of nitro groups is 1. The standard InChI is InChI=1S/C21H26N4O7/c1-12(2)23-18-19(27)24(11-17(26)32-21(3,4)5)16(10-22-18)13-7-14(20(28)31-6)9-15(8-13)25(29)30/h7-10,12H,11H2,1-6H3,(H,22,23). The highest BCUT2D eigenvalue weighted by Crippen LogP contribution is 2.26. The van der Waals surface area contributed by atoms with E-state index in [0.717, 1.165) is 17.7 Å². The molecule has 1 aromatic heterocycles. The summed E-state index contributed by atoms with van der Waals surface area (Å²) in [6.07, 6.45) is 1.30. The van der Waals surface area contributed by atoms with Gasteiger partial charge in [0, 0.05) is 23.7 Å². The second kappa shape index (κ2) is 9.58. The van der Waals surface area contributed by atoms with Gasteiger partial charge in [0.15, 0.2) is 5.82 Å². The third-order valence-corrected chi connectivity index (χ3v) is 4.03. The number of nitro benzene ring substituents is 1. The lowest BCUT2D eigenvalue weighted by molar-refractivity contribution is -0.384. The van der Waals surface area contributed by atoms with Crippen LogP contribution in [-0.4, -0.2) is 45.2 Å². The number of carbonyl (C=O) groups is 2. The van der Waals surface area contributed by atoms with E-state index in [1.165, 1.54) is 18.3 Å². The molecule has 11 heteroatoms. The zero-order valence-corrected chi connectivity index (χ0v) is 18.8. The summed E-state index contributed by atoms with van der Waals surface area (Å²) in [7, 11) is 1.15. The molecule has 0 aliphatic rings. The maximum absolute atomic E-state index is 13.1. The number of rotatable bonds is 7. The van der Waals surface area contributed by atoms with Crippen LogP contribution in [0.2, 0.25) is 0 Å². The van der Waals surface area contributed by atoms with Crippen molar-refractivity contribution in [1.29, 1.82) is 0 Å². The van der Waals surface area contributed by atoms with Crippen LogP contribution < -0.4 is 10.9 Å². The Kier molecular flexibility index (Phi) is 7.34. The van der Waals surface area contributed by atoms with Gasteiger partial charge in [0.25, 0.3) is 11.2 Å². The van der Waals surface area contributed by atoms with E-state index in [0.29, 0.717) is 0 Å². The Balaban J connectivity index is 2.72. The zero-order chi connectivity index (χ0) is 24.2. The van der Waals surface area contributed by atoms with Crippen molar-refractivity contribution in [3.63, 3.8) is 0 Å². The van der Waals surface area contributed by atoms with E-state index in [-0.39, 0.29) is 34.4 Å². The van der Waals surface area contributed by atoms with E-state index >= 15 is 0 Å². The van der Waals surface area contributed by atoms with Crippen LogP contribution in [0.4, 0.5) is 11.5 Å². The maximum atomic E-state index is 13.1. The van der Waals surface area contributed by atoms with Gasteiger partial charge in [-0.05, 0) is 40.7 Å². The summed E-state index contributed by atoms with van der Waals surface area (Å²) < 4.78 is 11.1. The van der Waals surface area contributed by atoms with Gasteiger partial charge >= 0.3 is 11.9 Å². The van der Waals surface area contributed by atoms with E-state index in [1.54, 1.807) is 20.8 Å². The number of methoxy groups -OCH3 is 1. The van der Waals surface area contributed by atoms with Gasteiger partial charge in [0.2, 0.25) is 0 Å². The Labute approximate surface area is 184 Å². The maximum Gasteiger partial charge on any atom is 0.338 e. The molecule has 0 atom stereocenters. The molecule has 0 unspecified atom stereocenters. The number of aromatic nitrogens is 2. The van der Waals surface area contributed by atoms with Crippen LogP contribution in [0, 0.1) is 10.1 Å². The van der Waals surface area contributed by atoms with Crippen molar-refractivity contribution in [3.05, 3.63) is 50.4 Å². The first-order chi connectivity index (χ1) is 14.8. The summed E-state index contributed by atoms with van der Waals surface area (Å²) in [4.78, 5) is 52.5. The molecule has 0 amide bonds. The molecule has 1 heterocycles. The van der Waals surface area contributed by atoms with Crippen molar-refractivity contribution in [1.82, 2.24) is 9.55 Å². The SMILES string of the molecule is COC(=O)c1cc(-c2cnc(NC(C)C)c(=O)n2CC(=O)OC(C)(C)C)cc([N+](=O)[O-])c1. The summed E-state index contributed by atoms with van der Waals surface area (Å²) in [6.45, 7) is 8.24. The fourth-order valence-corrected chi connectivity index (χ4v) is 2.85. The number of ether oxygens (including phenoxy) is 2. The molecule has 1 N–H and O–H groups in total. The third kappa shape index (κ3) is 6.13. The Hall–Kier alpha value is -3.76. The first-order valence-corrected chi connectivity index (χ1v) is 9.78. The summed E-state index contributed by atoms with van der Waals surface area (Å²) >= 11 is 0. The molecule has 0 spiro atoms. The van der Waals surface area contributed by atoms with Crippen molar-refractivity contribution >= 4 is 23.4 Å². The molecule has 11 nitrogen and oxygen atoms in total. The monoisotopic (exact) mass is 446 g/mol. The van der Waals surface area contributed by atoms with Crippen LogP contribution in [0.15, 0.2) is 29.2 Å². The Morgan fingerprint density at radius 1 is 1.25 bits per heavy atom. The van der Waals surface area contributed by atoms with Crippen molar-refractivity contribution in [2.75, 3.05) is 12.4 Å².